The van der Waals surface area contributed by atoms with Crippen molar-refractivity contribution in [1.82, 2.24) is 9.97 Å². The van der Waals surface area contributed by atoms with Crippen LogP contribution < -0.4 is 0 Å². The monoisotopic (exact) mass is 139 g/mol. The van der Waals surface area contributed by atoms with Gasteiger partial charge < -0.3 is 4.98 Å². The standard InChI is InChI=1S/C6H7N2S/c9-5-1-2-6-7-3-4-8-6/h3-4H,1-2H2,(H,7,8). The molecule has 0 spiro atoms. The number of rotatable bonds is 3. The molecule has 0 aliphatic heterocycles. The Morgan fingerprint density at radius 1 is 1.78 bits per heavy atom. The van der Waals surface area contributed by atoms with E-state index in [0.29, 0.717) is 0 Å². The van der Waals surface area contributed by atoms with Crippen LogP contribution in [0.3, 0.4) is 0 Å². The molecule has 1 rings (SSSR count). The number of hydrogen-bond donors (Lipinski definition) is 1. The van der Waals surface area contributed by atoms with E-state index >= 15 is 0 Å². The quantitative estimate of drug-likeness (QED) is 0.638. The van der Waals surface area contributed by atoms with E-state index in [1.807, 2.05) is 0 Å². The van der Waals surface area contributed by atoms with Crippen LogP contribution in [0, 0.1) is 0 Å². The van der Waals surface area contributed by atoms with Crippen molar-refractivity contribution < 1.29 is 0 Å². The molecule has 1 heterocycles. The summed E-state index contributed by atoms with van der Waals surface area (Å²) in [7, 11) is 0. The fourth-order valence-corrected chi connectivity index (χ4v) is 0.706. The molecular weight excluding hydrogens is 132 g/mol. The van der Waals surface area contributed by atoms with Crippen molar-refractivity contribution in [3.8, 4) is 0 Å². The van der Waals surface area contributed by atoms with Gasteiger partial charge in [-0.1, -0.05) is 12.2 Å². The van der Waals surface area contributed by atoms with Crippen LogP contribution in [0.2, 0.25) is 0 Å². The maximum absolute atomic E-state index is 4.53. The molecule has 47 valence electrons. The second-order valence-corrected chi connectivity index (χ2v) is 1.97. The number of aromatic nitrogens is 2. The smallest absolute Gasteiger partial charge is 0.106 e. The zero-order chi connectivity index (χ0) is 6.53. The van der Waals surface area contributed by atoms with Gasteiger partial charge in [0.25, 0.3) is 0 Å². The normalized spacial score (nSPS) is 9.33. The minimum atomic E-state index is 0.794. The van der Waals surface area contributed by atoms with Gasteiger partial charge in [-0.05, 0) is 6.42 Å². The highest BCUT2D eigenvalue weighted by Gasteiger charge is 1.89. The molecule has 2 nitrogen and oxygen atoms in total. The van der Waals surface area contributed by atoms with Gasteiger partial charge in [-0.15, -0.1) is 0 Å². The molecule has 0 aromatic carbocycles. The fraction of sp³-hybridized carbons (Fsp3) is 0.333. The molecule has 3 heteroatoms. The summed E-state index contributed by atoms with van der Waals surface area (Å²) < 4.78 is 0. The highest BCUT2D eigenvalue weighted by molar-refractivity contribution is 7.78. The lowest BCUT2D eigenvalue weighted by atomic mass is 10.3. The first kappa shape index (κ1) is 6.42. The van der Waals surface area contributed by atoms with Crippen molar-refractivity contribution in [2.24, 2.45) is 0 Å². The van der Waals surface area contributed by atoms with Gasteiger partial charge in [0.1, 0.15) is 5.82 Å². The summed E-state index contributed by atoms with van der Waals surface area (Å²) in [6.07, 6.45) is 5.21. The SMILES string of the molecule is S=[C]CCc1ncc[nH]1. The maximum atomic E-state index is 4.53. The zero-order valence-corrected chi connectivity index (χ0v) is 5.74. The van der Waals surface area contributed by atoms with Crippen LogP contribution in [-0.2, 0) is 6.42 Å². The second-order valence-electron chi connectivity index (χ2n) is 1.68. The Hall–Kier alpha value is -0.700. The summed E-state index contributed by atoms with van der Waals surface area (Å²) in [6.45, 7) is 0. The van der Waals surface area contributed by atoms with Crippen LogP contribution in [-0.4, -0.2) is 15.3 Å². The summed E-state index contributed by atoms with van der Waals surface area (Å²) in [5.41, 5.74) is 0. The largest absolute Gasteiger partial charge is 0.349 e. The van der Waals surface area contributed by atoms with Gasteiger partial charge in [0.2, 0.25) is 0 Å². The number of thiocarbonyl (C=S) groups is 1. The van der Waals surface area contributed by atoms with Crippen LogP contribution in [0.5, 0.6) is 0 Å². The predicted molar refractivity (Wildman–Crippen MR) is 39.5 cm³/mol. The van der Waals surface area contributed by atoms with Crippen molar-refractivity contribution in [3.63, 3.8) is 0 Å². The summed E-state index contributed by atoms with van der Waals surface area (Å²) >= 11 is 4.53. The Kier molecular flexibility index (Phi) is 2.39. The van der Waals surface area contributed by atoms with Gasteiger partial charge in [-0.2, -0.15) is 0 Å². The highest BCUT2D eigenvalue weighted by Crippen LogP contribution is 1.91. The number of nitrogens with one attached hydrogen (secondary N) is 1. The van der Waals surface area contributed by atoms with Crippen LogP contribution in [0.15, 0.2) is 12.4 Å². The molecule has 9 heavy (non-hydrogen) atoms. The van der Waals surface area contributed by atoms with Crippen LogP contribution in [0.4, 0.5) is 0 Å². The molecule has 0 atom stereocenters. The molecular formula is C6H7N2S. The van der Waals surface area contributed by atoms with Gasteiger partial charge in [0, 0.05) is 24.2 Å². The Morgan fingerprint density at radius 3 is 3.22 bits per heavy atom. The number of H-pyrrole nitrogens is 1. The number of nitrogens with zero attached hydrogens (tertiary/aromatic N) is 1. The molecule has 0 aliphatic carbocycles. The van der Waals surface area contributed by atoms with E-state index < -0.39 is 0 Å². The van der Waals surface area contributed by atoms with E-state index in [1.165, 1.54) is 0 Å². The number of aromatic amines is 1. The maximum Gasteiger partial charge on any atom is 0.106 e. The van der Waals surface area contributed by atoms with Crippen LogP contribution in [0.25, 0.3) is 0 Å². The summed E-state index contributed by atoms with van der Waals surface area (Å²) in [6, 6.07) is 0. The Bertz CT molecular complexity index is 169. The molecule has 0 bridgehead atoms. The number of aryl methyl sites for hydroxylation is 1. The third kappa shape index (κ3) is 1.93. The zero-order valence-electron chi connectivity index (χ0n) is 4.92. The Labute approximate surface area is 59.3 Å². The summed E-state index contributed by atoms with van der Waals surface area (Å²) in [4.78, 5) is 6.99. The molecule has 1 aromatic heterocycles. The molecule has 1 N–H and O–H groups in total. The third-order valence-electron chi connectivity index (χ3n) is 1.02. The van der Waals surface area contributed by atoms with Gasteiger partial charge in [0.05, 0.1) is 0 Å². The lowest BCUT2D eigenvalue weighted by Crippen LogP contribution is -1.86. The molecule has 0 saturated carbocycles. The molecule has 0 amide bonds. The molecule has 0 saturated heterocycles. The van der Waals surface area contributed by atoms with E-state index in [0.717, 1.165) is 18.7 Å². The summed E-state index contributed by atoms with van der Waals surface area (Å²) in [5.74, 6) is 0.979. The van der Waals surface area contributed by atoms with Gasteiger partial charge >= 0.3 is 0 Å². The van der Waals surface area contributed by atoms with Crippen LogP contribution >= 0.6 is 12.2 Å². The van der Waals surface area contributed by atoms with E-state index in [-0.39, 0.29) is 0 Å². The Morgan fingerprint density at radius 2 is 2.67 bits per heavy atom. The van der Waals surface area contributed by atoms with Crippen molar-refractivity contribution in [3.05, 3.63) is 18.2 Å². The number of hydrogen-bond acceptors (Lipinski definition) is 2. The molecule has 0 fully saturated rings. The van der Waals surface area contributed by atoms with Crippen LogP contribution in [0.1, 0.15) is 12.2 Å². The first-order valence-electron chi connectivity index (χ1n) is 2.77. The predicted octanol–water partition coefficient (Wildman–Crippen LogP) is 1.22. The first-order chi connectivity index (χ1) is 4.43. The fourth-order valence-electron chi connectivity index (χ4n) is 0.604. The molecule has 0 aliphatic rings. The van der Waals surface area contributed by atoms with Gasteiger partial charge in [-0.25, -0.2) is 4.98 Å². The number of imidazole rings is 1. The Balaban J connectivity index is 2.38. The van der Waals surface area contributed by atoms with Crippen molar-refractivity contribution in [2.45, 2.75) is 12.8 Å². The minimum absolute atomic E-state index is 0.794. The van der Waals surface area contributed by atoms with Gasteiger partial charge in [-0.3, -0.25) is 0 Å². The third-order valence-corrected chi connectivity index (χ3v) is 1.22. The van der Waals surface area contributed by atoms with Crippen molar-refractivity contribution >= 4 is 17.6 Å². The average molecular weight is 139 g/mol. The highest BCUT2D eigenvalue weighted by atomic mass is 32.1. The molecule has 0 unspecified atom stereocenters. The first-order valence-corrected chi connectivity index (χ1v) is 3.17. The minimum Gasteiger partial charge on any atom is -0.349 e. The topological polar surface area (TPSA) is 28.7 Å². The lowest BCUT2D eigenvalue weighted by molar-refractivity contribution is 0.948. The second kappa shape index (κ2) is 3.35. The lowest BCUT2D eigenvalue weighted by Gasteiger charge is -1.86. The molecule has 1 aromatic rings. The van der Waals surface area contributed by atoms with E-state index in [1.54, 1.807) is 12.4 Å². The molecule has 1 radical (unpaired) electrons. The van der Waals surface area contributed by atoms with Crippen molar-refractivity contribution in [1.29, 1.82) is 0 Å². The van der Waals surface area contributed by atoms with E-state index in [9.17, 15) is 0 Å². The average Bonchev–Trinajstić information content (AvgIpc) is 2.34. The van der Waals surface area contributed by atoms with Crippen molar-refractivity contribution in [2.75, 3.05) is 0 Å². The summed E-state index contributed by atoms with van der Waals surface area (Å²) in [5, 5.41) is 2.63. The van der Waals surface area contributed by atoms with Gasteiger partial charge in [0.15, 0.2) is 0 Å². The van der Waals surface area contributed by atoms with E-state index in [2.05, 4.69) is 27.6 Å². The van der Waals surface area contributed by atoms with E-state index in [4.69, 9.17) is 0 Å².